The van der Waals surface area contributed by atoms with Crippen LogP contribution in [0.2, 0.25) is 0 Å². The molecule has 2 aliphatic heterocycles. The van der Waals surface area contributed by atoms with Crippen LogP contribution in [0.25, 0.3) is 11.1 Å². The van der Waals surface area contributed by atoms with E-state index in [4.69, 9.17) is 0 Å². The molecule has 23 heavy (non-hydrogen) atoms. The summed E-state index contributed by atoms with van der Waals surface area (Å²) in [5.41, 5.74) is 3.78. The third kappa shape index (κ3) is 3.97. The zero-order valence-electron chi connectivity index (χ0n) is 14.8. The standard InChI is InChI=1S/C16H17N3.2C2H6/c1-2-16-15(8-14(1)19-16)13-7-12(9-18-10-13)11-3-5-17-6-4-11;2*1-2/h3-7,9-10,14-16,19H,1-2,8H2;2*1-2H3. The predicted octanol–water partition coefficient (Wildman–Crippen LogP) is 4.80. The molecule has 0 radical (unpaired) electrons. The van der Waals surface area contributed by atoms with Crippen LogP contribution in [0.3, 0.4) is 0 Å². The number of fused-ring (bicyclic) bond motifs is 2. The van der Waals surface area contributed by atoms with Gasteiger partial charge in [-0.1, -0.05) is 27.7 Å². The van der Waals surface area contributed by atoms with Crippen molar-refractivity contribution in [2.24, 2.45) is 0 Å². The molecule has 2 aromatic heterocycles. The summed E-state index contributed by atoms with van der Waals surface area (Å²) in [7, 11) is 0. The summed E-state index contributed by atoms with van der Waals surface area (Å²) >= 11 is 0. The molecule has 2 aromatic rings. The monoisotopic (exact) mass is 311 g/mol. The van der Waals surface area contributed by atoms with Crippen LogP contribution in [0.1, 0.15) is 58.4 Å². The molecule has 2 aliphatic rings. The van der Waals surface area contributed by atoms with Gasteiger partial charge in [-0.25, -0.2) is 0 Å². The molecule has 124 valence electrons. The third-order valence-electron chi connectivity index (χ3n) is 4.50. The van der Waals surface area contributed by atoms with E-state index < -0.39 is 0 Å². The molecular weight excluding hydrogens is 282 g/mol. The lowest BCUT2D eigenvalue weighted by molar-refractivity contribution is 0.505. The molecule has 4 heterocycles. The highest BCUT2D eigenvalue weighted by molar-refractivity contribution is 5.62. The molecule has 4 rings (SSSR count). The molecular formula is C20H29N3. The third-order valence-corrected chi connectivity index (χ3v) is 4.50. The number of hydrogen-bond donors (Lipinski definition) is 1. The topological polar surface area (TPSA) is 37.8 Å². The van der Waals surface area contributed by atoms with Gasteiger partial charge in [-0.2, -0.15) is 0 Å². The Morgan fingerprint density at radius 2 is 1.65 bits per heavy atom. The second-order valence-corrected chi connectivity index (χ2v) is 5.63. The number of rotatable bonds is 2. The van der Waals surface area contributed by atoms with E-state index in [-0.39, 0.29) is 0 Å². The van der Waals surface area contributed by atoms with Gasteiger partial charge in [0.25, 0.3) is 0 Å². The van der Waals surface area contributed by atoms with Gasteiger partial charge in [0.05, 0.1) is 0 Å². The average Bonchev–Trinajstić information content (AvgIpc) is 3.29. The Morgan fingerprint density at radius 3 is 2.26 bits per heavy atom. The fourth-order valence-electron chi connectivity index (χ4n) is 3.56. The Balaban J connectivity index is 0.000000448. The Morgan fingerprint density at radius 1 is 0.913 bits per heavy atom. The first-order valence-electron chi connectivity index (χ1n) is 9.01. The number of hydrogen-bond acceptors (Lipinski definition) is 3. The molecule has 3 heteroatoms. The molecule has 0 saturated carbocycles. The maximum atomic E-state index is 4.44. The van der Waals surface area contributed by atoms with Gasteiger partial charge >= 0.3 is 0 Å². The minimum atomic E-state index is 0.646. The predicted molar refractivity (Wildman–Crippen MR) is 97.5 cm³/mol. The van der Waals surface area contributed by atoms with E-state index in [9.17, 15) is 0 Å². The first-order chi connectivity index (χ1) is 11.4. The minimum Gasteiger partial charge on any atom is -0.311 e. The van der Waals surface area contributed by atoms with Gasteiger partial charge in [0.1, 0.15) is 0 Å². The molecule has 0 aliphatic carbocycles. The maximum absolute atomic E-state index is 4.44. The first kappa shape index (κ1) is 17.6. The van der Waals surface area contributed by atoms with Crippen molar-refractivity contribution < 1.29 is 0 Å². The van der Waals surface area contributed by atoms with Crippen LogP contribution < -0.4 is 5.32 Å². The minimum absolute atomic E-state index is 0.646. The van der Waals surface area contributed by atoms with Crippen LogP contribution in [0.15, 0.2) is 43.0 Å². The molecule has 0 aromatic carbocycles. The largest absolute Gasteiger partial charge is 0.311 e. The zero-order valence-corrected chi connectivity index (χ0v) is 14.8. The molecule has 2 saturated heterocycles. The number of nitrogens with one attached hydrogen (secondary N) is 1. The van der Waals surface area contributed by atoms with Gasteiger partial charge in [-0.05, 0) is 48.6 Å². The Bertz CT molecular complexity index is 582. The quantitative estimate of drug-likeness (QED) is 0.865. The fourth-order valence-corrected chi connectivity index (χ4v) is 3.56. The highest BCUT2D eigenvalue weighted by atomic mass is 15.0. The van der Waals surface area contributed by atoms with E-state index in [1.54, 1.807) is 0 Å². The second kappa shape index (κ2) is 8.78. The van der Waals surface area contributed by atoms with Crippen LogP contribution in [0.5, 0.6) is 0 Å². The van der Waals surface area contributed by atoms with E-state index in [0.717, 1.165) is 6.04 Å². The van der Waals surface area contributed by atoms with Gasteiger partial charge < -0.3 is 5.32 Å². The smallest absolute Gasteiger partial charge is 0.0346 e. The van der Waals surface area contributed by atoms with Crippen molar-refractivity contribution >= 4 is 0 Å². The molecule has 3 unspecified atom stereocenters. The molecule has 2 fully saturated rings. The summed E-state index contributed by atoms with van der Waals surface area (Å²) in [6, 6.07) is 7.79. The lowest BCUT2D eigenvalue weighted by atomic mass is 9.84. The van der Waals surface area contributed by atoms with E-state index in [0.29, 0.717) is 12.0 Å². The van der Waals surface area contributed by atoms with E-state index in [2.05, 4.69) is 21.4 Å². The van der Waals surface area contributed by atoms with Crippen LogP contribution >= 0.6 is 0 Å². The Labute approximate surface area is 140 Å². The van der Waals surface area contributed by atoms with E-state index in [1.165, 1.54) is 36.0 Å². The number of nitrogens with zero attached hydrogens (tertiary/aromatic N) is 2. The van der Waals surface area contributed by atoms with Crippen LogP contribution in [-0.2, 0) is 0 Å². The summed E-state index contributed by atoms with van der Waals surface area (Å²) < 4.78 is 0. The number of pyridine rings is 2. The van der Waals surface area contributed by atoms with Crippen LogP contribution in [-0.4, -0.2) is 22.1 Å². The SMILES string of the molecule is CC.CC.c1cc(-c2cncc(C3CC4CCC3N4)c2)ccn1. The Hall–Kier alpha value is -1.74. The van der Waals surface area contributed by atoms with E-state index >= 15 is 0 Å². The van der Waals surface area contributed by atoms with Crippen molar-refractivity contribution in [1.82, 2.24) is 15.3 Å². The van der Waals surface area contributed by atoms with Crippen molar-refractivity contribution in [1.29, 1.82) is 0 Å². The van der Waals surface area contributed by atoms with Crippen molar-refractivity contribution in [3.05, 3.63) is 48.5 Å². The average molecular weight is 311 g/mol. The van der Waals surface area contributed by atoms with Crippen LogP contribution in [0, 0.1) is 0 Å². The lowest BCUT2D eigenvalue weighted by Gasteiger charge is -2.20. The second-order valence-electron chi connectivity index (χ2n) is 5.63. The molecule has 3 atom stereocenters. The first-order valence-corrected chi connectivity index (χ1v) is 9.01. The Kier molecular flexibility index (Phi) is 6.72. The van der Waals surface area contributed by atoms with Crippen molar-refractivity contribution in [3.8, 4) is 11.1 Å². The highest BCUT2D eigenvalue weighted by Crippen LogP contribution is 2.40. The molecule has 0 spiro atoms. The molecule has 1 N–H and O–H groups in total. The van der Waals surface area contributed by atoms with Crippen molar-refractivity contribution in [2.45, 2.75) is 65.0 Å². The molecule has 0 amide bonds. The maximum Gasteiger partial charge on any atom is 0.0346 e. The van der Waals surface area contributed by atoms with Gasteiger partial charge in [-0.3, -0.25) is 9.97 Å². The summed E-state index contributed by atoms with van der Waals surface area (Å²) in [6.45, 7) is 8.00. The number of aromatic nitrogens is 2. The van der Waals surface area contributed by atoms with Crippen molar-refractivity contribution in [3.63, 3.8) is 0 Å². The van der Waals surface area contributed by atoms with Gasteiger partial charge in [0.2, 0.25) is 0 Å². The normalized spacial score (nSPS) is 24.3. The van der Waals surface area contributed by atoms with Gasteiger partial charge in [0, 0.05) is 48.4 Å². The summed E-state index contributed by atoms with van der Waals surface area (Å²) in [5.74, 6) is 0.646. The van der Waals surface area contributed by atoms with E-state index in [1.807, 2.05) is 64.6 Å². The summed E-state index contributed by atoms with van der Waals surface area (Å²) in [5, 5.41) is 3.70. The molecule has 3 nitrogen and oxygen atoms in total. The van der Waals surface area contributed by atoms with Crippen molar-refractivity contribution in [2.75, 3.05) is 0 Å². The summed E-state index contributed by atoms with van der Waals surface area (Å²) in [6.07, 6.45) is 11.6. The lowest BCUT2D eigenvalue weighted by Crippen LogP contribution is -2.21. The molecule has 2 bridgehead atoms. The highest BCUT2D eigenvalue weighted by Gasteiger charge is 2.39. The zero-order chi connectivity index (χ0) is 16.7. The summed E-state index contributed by atoms with van der Waals surface area (Å²) in [4.78, 5) is 8.51. The van der Waals surface area contributed by atoms with Gasteiger partial charge in [-0.15, -0.1) is 0 Å². The van der Waals surface area contributed by atoms with Gasteiger partial charge in [0.15, 0.2) is 0 Å². The van der Waals surface area contributed by atoms with Crippen LogP contribution in [0.4, 0.5) is 0 Å². The fraction of sp³-hybridized carbons (Fsp3) is 0.500.